The SMILES string of the molecule is CC(Sc1nnc(NC(=O)Nc2cccc(F)c2)s1)c1cccc(N=[N+]=[N-])c1. The molecule has 2 aromatic carbocycles. The summed E-state index contributed by atoms with van der Waals surface area (Å²) in [6.45, 7) is 1.99. The van der Waals surface area contributed by atoms with Crippen molar-refractivity contribution in [2.75, 3.05) is 10.6 Å². The zero-order valence-corrected chi connectivity index (χ0v) is 16.2. The number of azide groups is 1. The molecule has 0 spiro atoms. The Morgan fingerprint density at radius 3 is 2.86 bits per heavy atom. The highest BCUT2D eigenvalue weighted by atomic mass is 32.2. The lowest BCUT2D eigenvalue weighted by Gasteiger charge is -2.09. The van der Waals surface area contributed by atoms with E-state index in [0.717, 1.165) is 5.56 Å². The van der Waals surface area contributed by atoms with Gasteiger partial charge in [0.25, 0.3) is 0 Å². The predicted molar refractivity (Wildman–Crippen MR) is 108 cm³/mol. The van der Waals surface area contributed by atoms with Crippen LogP contribution in [0.5, 0.6) is 0 Å². The number of nitrogens with one attached hydrogen (secondary N) is 2. The summed E-state index contributed by atoms with van der Waals surface area (Å²) in [6, 6.07) is 12.3. The van der Waals surface area contributed by atoms with Crippen molar-refractivity contribution in [1.29, 1.82) is 0 Å². The van der Waals surface area contributed by atoms with Crippen LogP contribution in [0.2, 0.25) is 0 Å². The normalized spacial score (nSPS) is 11.4. The first-order chi connectivity index (χ1) is 13.5. The highest BCUT2D eigenvalue weighted by molar-refractivity contribution is 8.01. The summed E-state index contributed by atoms with van der Waals surface area (Å²) < 4.78 is 13.8. The Labute approximate surface area is 167 Å². The van der Waals surface area contributed by atoms with Gasteiger partial charge in [-0.15, -0.1) is 10.2 Å². The molecule has 1 atom stereocenters. The zero-order chi connectivity index (χ0) is 19.9. The number of aromatic nitrogens is 2. The fraction of sp³-hybridized carbons (Fsp3) is 0.118. The summed E-state index contributed by atoms with van der Waals surface area (Å²) in [6.07, 6.45) is 0. The summed E-state index contributed by atoms with van der Waals surface area (Å²) in [4.78, 5) is 14.8. The van der Waals surface area contributed by atoms with Crippen molar-refractivity contribution >= 4 is 45.6 Å². The van der Waals surface area contributed by atoms with Gasteiger partial charge in [-0.1, -0.05) is 52.5 Å². The van der Waals surface area contributed by atoms with Gasteiger partial charge >= 0.3 is 6.03 Å². The Hall–Kier alpha value is -3.14. The van der Waals surface area contributed by atoms with Crippen LogP contribution in [-0.4, -0.2) is 16.2 Å². The standard InChI is InChI=1S/C17H14FN7OS2/c1-10(11-4-2-7-14(8-11)22-25-19)27-17-24-23-16(28-17)21-15(26)20-13-6-3-5-12(18)9-13/h2-10H,1H3,(H2,20,21,23,26). The number of benzene rings is 2. The first-order valence-corrected chi connectivity index (χ1v) is 9.72. The van der Waals surface area contributed by atoms with Crippen molar-refractivity contribution in [3.8, 4) is 0 Å². The second-order valence-corrected chi connectivity index (χ2v) is 8.07. The Morgan fingerprint density at radius 2 is 2.07 bits per heavy atom. The first-order valence-electron chi connectivity index (χ1n) is 8.02. The topological polar surface area (TPSA) is 116 Å². The third-order valence-electron chi connectivity index (χ3n) is 3.49. The third kappa shape index (κ3) is 5.43. The molecule has 0 saturated heterocycles. The number of halogens is 1. The number of amides is 2. The van der Waals surface area contributed by atoms with Gasteiger partial charge < -0.3 is 5.32 Å². The molecule has 0 aliphatic heterocycles. The third-order valence-corrected chi connectivity index (χ3v) is 5.57. The van der Waals surface area contributed by atoms with Gasteiger partial charge in [0.05, 0.1) is 0 Å². The molecule has 3 rings (SSSR count). The van der Waals surface area contributed by atoms with E-state index in [1.807, 2.05) is 25.1 Å². The summed E-state index contributed by atoms with van der Waals surface area (Å²) >= 11 is 2.69. The van der Waals surface area contributed by atoms with Crippen molar-refractivity contribution in [3.05, 3.63) is 70.4 Å². The van der Waals surface area contributed by atoms with Crippen LogP contribution < -0.4 is 10.6 Å². The van der Waals surface area contributed by atoms with Crippen LogP contribution in [0.3, 0.4) is 0 Å². The highest BCUT2D eigenvalue weighted by Gasteiger charge is 2.13. The summed E-state index contributed by atoms with van der Waals surface area (Å²) in [7, 11) is 0. The van der Waals surface area contributed by atoms with E-state index in [9.17, 15) is 9.18 Å². The fourth-order valence-corrected chi connectivity index (χ4v) is 4.25. The number of nitrogens with zero attached hydrogens (tertiary/aromatic N) is 5. The van der Waals surface area contributed by atoms with Gasteiger partial charge in [0.1, 0.15) is 5.82 Å². The van der Waals surface area contributed by atoms with Gasteiger partial charge in [0.2, 0.25) is 5.13 Å². The van der Waals surface area contributed by atoms with Crippen molar-refractivity contribution < 1.29 is 9.18 Å². The molecule has 11 heteroatoms. The second kappa shape index (κ2) is 9.18. The quantitative estimate of drug-likeness (QED) is 0.166. The van der Waals surface area contributed by atoms with Crippen LogP contribution in [0.25, 0.3) is 10.4 Å². The molecule has 0 bridgehead atoms. The number of hydrogen-bond acceptors (Lipinski definition) is 6. The molecule has 28 heavy (non-hydrogen) atoms. The van der Waals surface area contributed by atoms with Crippen molar-refractivity contribution in [1.82, 2.24) is 10.2 Å². The number of anilines is 2. The lowest BCUT2D eigenvalue weighted by atomic mass is 10.1. The van der Waals surface area contributed by atoms with Crippen LogP contribution in [0.1, 0.15) is 17.7 Å². The predicted octanol–water partition coefficient (Wildman–Crippen LogP) is 6.12. The molecule has 3 aromatic rings. The number of hydrogen-bond donors (Lipinski definition) is 2. The van der Waals surface area contributed by atoms with Gasteiger partial charge in [0.15, 0.2) is 4.34 Å². The van der Waals surface area contributed by atoms with Crippen LogP contribution in [-0.2, 0) is 0 Å². The summed E-state index contributed by atoms with van der Waals surface area (Å²) in [5, 5.41) is 17.1. The Morgan fingerprint density at radius 1 is 1.25 bits per heavy atom. The fourth-order valence-electron chi connectivity index (χ4n) is 2.24. The summed E-state index contributed by atoms with van der Waals surface area (Å²) in [5.74, 6) is -0.439. The molecule has 1 unspecified atom stereocenters. The van der Waals surface area contributed by atoms with Gasteiger partial charge in [-0.2, -0.15) is 0 Å². The molecule has 8 nitrogen and oxygen atoms in total. The molecule has 0 aliphatic carbocycles. The molecule has 2 N–H and O–H groups in total. The number of carbonyl (C=O) groups is 1. The Kier molecular flexibility index (Phi) is 6.43. The van der Waals surface area contributed by atoms with Crippen molar-refractivity contribution in [2.45, 2.75) is 16.5 Å². The minimum Gasteiger partial charge on any atom is -0.308 e. The Balaban J connectivity index is 1.59. The summed E-state index contributed by atoms with van der Waals surface area (Å²) in [5.41, 5.74) is 10.4. The molecular formula is C17H14FN7OS2. The van der Waals surface area contributed by atoms with E-state index in [0.29, 0.717) is 20.8 Å². The number of thioether (sulfide) groups is 1. The van der Waals surface area contributed by atoms with E-state index in [2.05, 4.69) is 30.9 Å². The smallest absolute Gasteiger partial charge is 0.308 e. The molecule has 0 radical (unpaired) electrons. The minimum atomic E-state index is -0.534. The van der Waals surface area contributed by atoms with E-state index in [1.165, 1.54) is 41.3 Å². The number of rotatable bonds is 6. The average molecular weight is 415 g/mol. The van der Waals surface area contributed by atoms with Crippen LogP contribution in [0.4, 0.5) is 25.7 Å². The first kappa shape index (κ1) is 19.6. The molecule has 0 fully saturated rings. The highest BCUT2D eigenvalue weighted by Crippen LogP contribution is 2.38. The van der Waals surface area contributed by atoms with E-state index in [4.69, 9.17) is 5.53 Å². The molecule has 1 aromatic heterocycles. The van der Waals surface area contributed by atoms with E-state index in [-0.39, 0.29) is 5.25 Å². The molecule has 1 heterocycles. The van der Waals surface area contributed by atoms with Gasteiger partial charge in [-0.25, -0.2) is 9.18 Å². The van der Waals surface area contributed by atoms with Crippen LogP contribution >= 0.6 is 23.1 Å². The zero-order valence-electron chi connectivity index (χ0n) is 14.5. The van der Waals surface area contributed by atoms with Gasteiger partial charge in [-0.05, 0) is 42.3 Å². The minimum absolute atomic E-state index is 0.0377. The number of urea groups is 1. The molecule has 0 aliphatic rings. The largest absolute Gasteiger partial charge is 0.325 e. The van der Waals surface area contributed by atoms with Gasteiger partial charge in [0, 0.05) is 21.5 Å². The molecular weight excluding hydrogens is 401 g/mol. The maximum Gasteiger partial charge on any atom is 0.325 e. The maximum absolute atomic E-state index is 13.2. The average Bonchev–Trinajstić information content (AvgIpc) is 3.08. The lowest BCUT2D eigenvalue weighted by molar-refractivity contribution is 0.262. The van der Waals surface area contributed by atoms with Crippen LogP contribution in [0, 0.1) is 5.82 Å². The van der Waals surface area contributed by atoms with Crippen molar-refractivity contribution in [2.24, 2.45) is 5.11 Å². The van der Waals surface area contributed by atoms with Crippen LogP contribution in [0.15, 0.2) is 58.0 Å². The molecule has 0 saturated carbocycles. The maximum atomic E-state index is 13.2. The lowest BCUT2D eigenvalue weighted by Crippen LogP contribution is -2.19. The van der Waals surface area contributed by atoms with E-state index >= 15 is 0 Å². The monoisotopic (exact) mass is 415 g/mol. The second-order valence-electron chi connectivity index (χ2n) is 5.51. The van der Waals surface area contributed by atoms with Gasteiger partial charge in [-0.3, -0.25) is 5.32 Å². The van der Waals surface area contributed by atoms with Crippen molar-refractivity contribution in [3.63, 3.8) is 0 Å². The van der Waals surface area contributed by atoms with E-state index < -0.39 is 11.8 Å². The molecule has 142 valence electrons. The Bertz CT molecular complexity index is 1040. The number of carbonyl (C=O) groups excluding carboxylic acids is 1. The molecule has 2 amide bonds. The van der Waals surface area contributed by atoms with E-state index in [1.54, 1.807) is 12.1 Å².